The predicted molar refractivity (Wildman–Crippen MR) is 96.0 cm³/mol. The molecule has 138 valence electrons. The van der Waals surface area contributed by atoms with Crippen LogP contribution < -0.4 is 0 Å². The molecule has 0 unspecified atom stereocenters. The van der Waals surface area contributed by atoms with E-state index < -0.39 is 14.9 Å². The molecule has 0 N–H and O–H groups in total. The second-order valence-electron chi connectivity index (χ2n) is 5.87. The van der Waals surface area contributed by atoms with Crippen LogP contribution in [0.25, 0.3) is 6.08 Å². The fraction of sp³-hybridized carbons (Fsp3) is 0.294. The Morgan fingerprint density at radius 3 is 2.38 bits per heavy atom. The molecule has 1 saturated heterocycles. The Morgan fingerprint density at radius 2 is 1.81 bits per heavy atom. The van der Waals surface area contributed by atoms with E-state index in [1.54, 1.807) is 6.26 Å². The quantitative estimate of drug-likeness (QED) is 0.566. The summed E-state index contributed by atoms with van der Waals surface area (Å²) in [6.45, 7) is 2.72. The maximum absolute atomic E-state index is 12.7. The van der Waals surface area contributed by atoms with Gasteiger partial charge in [0.05, 0.1) is 16.1 Å². The van der Waals surface area contributed by atoms with E-state index in [1.165, 1.54) is 28.6 Å². The van der Waals surface area contributed by atoms with Crippen molar-refractivity contribution in [2.75, 3.05) is 32.7 Å². The monoisotopic (exact) mass is 377 g/mol. The Morgan fingerprint density at radius 1 is 1.12 bits per heavy atom. The third-order valence-electron chi connectivity index (χ3n) is 4.21. The van der Waals surface area contributed by atoms with Crippen molar-refractivity contribution in [2.45, 2.75) is 4.90 Å². The molecule has 0 radical (unpaired) electrons. The zero-order chi connectivity index (χ0) is 18.6. The summed E-state index contributed by atoms with van der Waals surface area (Å²) in [6, 6.07) is 8.68. The van der Waals surface area contributed by atoms with Crippen LogP contribution in [0, 0.1) is 10.1 Å². The Labute approximate surface area is 151 Å². The molecule has 0 amide bonds. The summed E-state index contributed by atoms with van der Waals surface area (Å²) < 4.78 is 32.0. The number of piperazine rings is 1. The van der Waals surface area contributed by atoms with E-state index in [0.717, 1.165) is 5.76 Å². The van der Waals surface area contributed by atoms with Crippen molar-refractivity contribution in [3.05, 3.63) is 64.6 Å². The van der Waals surface area contributed by atoms with E-state index in [2.05, 4.69) is 4.90 Å². The van der Waals surface area contributed by atoms with Gasteiger partial charge < -0.3 is 4.42 Å². The van der Waals surface area contributed by atoms with Gasteiger partial charge in [-0.25, -0.2) is 8.42 Å². The SMILES string of the molecule is O=[N+]([O-])c1ccc(S(=O)(=O)N2CCN(C/C=C/c3ccco3)CC2)cc1. The average Bonchev–Trinajstić information content (AvgIpc) is 3.16. The van der Waals surface area contributed by atoms with E-state index in [1.807, 2.05) is 24.3 Å². The molecule has 2 heterocycles. The minimum atomic E-state index is -3.63. The number of nitro benzene ring substituents is 1. The molecule has 9 heteroatoms. The molecule has 0 saturated carbocycles. The van der Waals surface area contributed by atoms with Gasteiger partial charge in [-0.15, -0.1) is 0 Å². The molecule has 0 aliphatic carbocycles. The van der Waals surface area contributed by atoms with Gasteiger partial charge in [0.1, 0.15) is 5.76 Å². The summed E-state index contributed by atoms with van der Waals surface area (Å²) >= 11 is 0. The highest BCUT2D eigenvalue weighted by Crippen LogP contribution is 2.20. The molecule has 1 aromatic heterocycles. The lowest BCUT2D eigenvalue weighted by molar-refractivity contribution is -0.384. The number of non-ortho nitro benzene ring substituents is 1. The zero-order valence-electron chi connectivity index (χ0n) is 14.0. The van der Waals surface area contributed by atoms with Crippen molar-refractivity contribution in [1.82, 2.24) is 9.21 Å². The first-order chi connectivity index (χ1) is 12.5. The lowest BCUT2D eigenvalue weighted by Crippen LogP contribution is -2.48. The molecule has 1 aromatic carbocycles. The highest BCUT2D eigenvalue weighted by Gasteiger charge is 2.28. The number of hydrogen-bond donors (Lipinski definition) is 0. The van der Waals surface area contributed by atoms with Crippen molar-refractivity contribution < 1.29 is 17.8 Å². The second kappa shape index (κ2) is 7.81. The molecule has 1 fully saturated rings. The summed E-state index contributed by atoms with van der Waals surface area (Å²) in [4.78, 5) is 12.4. The van der Waals surface area contributed by atoms with E-state index in [4.69, 9.17) is 4.42 Å². The third-order valence-corrected chi connectivity index (χ3v) is 6.12. The highest BCUT2D eigenvalue weighted by molar-refractivity contribution is 7.89. The Hall–Kier alpha value is -2.49. The number of nitro groups is 1. The van der Waals surface area contributed by atoms with Crippen LogP contribution in [0.4, 0.5) is 5.69 Å². The van der Waals surface area contributed by atoms with E-state index >= 15 is 0 Å². The molecule has 0 spiro atoms. The van der Waals surface area contributed by atoms with Crippen molar-refractivity contribution in [2.24, 2.45) is 0 Å². The van der Waals surface area contributed by atoms with Gasteiger partial charge in [-0.05, 0) is 30.3 Å². The zero-order valence-corrected chi connectivity index (χ0v) is 14.8. The van der Waals surface area contributed by atoms with Crippen LogP contribution in [-0.4, -0.2) is 55.3 Å². The Balaban J connectivity index is 1.57. The Bertz CT molecular complexity index is 868. The number of hydrogen-bond acceptors (Lipinski definition) is 6. The molecule has 2 aromatic rings. The first kappa shape index (κ1) is 18.3. The van der Waals surface area contributed by atoms with Gasteiger partial charge >= 0.3 is 0 Å². The standard InChI is InChI=1S/C17H19N3O5S/c21-20(22)15-5-7-17(8-6-15)26(23,24)19-12-10-18(11-13-19)9-1-3-16-4-2-14-25-16/h1-8,14H,9-13H2/b3-1+. The summed E-state index contributed by atoms with van der Waals surface area (Å²) in [5, 5.41) is 10.7. The number of nitrogens with zero attached hydrogens (tertiary/aromatic N) is 3. The minimum absolute atomic E-state index is 0.0780. The van der Waals surface area contributed by atoms with E-state index in [9.17, 15) is 18.5 Å². The van der Waals surface area contributed by atoms with Crippen molar-refractivity contribution >= 4 is 21.8 Å². The molecule has 0 bridgehead atoms. The van der Waals surface area contributed by atoms with E-state index in [0.29, 0.717) is 32.7 Å². The number of rotatable bonds is 6. The third kappa shape index (κ3) is 4.18. The number of sulfonamides is 1. The average molecular weight is 377 g/mol. The lowest BCUT2D eigenvalue weighted by Gasteiger charge is -2.33. The first-order valence-corrected chi connectivity index (χ1v) is 9.58. The Kier molecular flexibility index (Phi) is 5.50. The molecule has 0 atom stereocenters. The van der Waals surface area contributed by atoms with Gasteiger partial charge in [0.2, 0.25) is 10.0 Å². The highest BCUT2D eigenvalue weighted by atomic mass is 32.2. The van der Waals surface area contributed by atoms with Crippen LogP contribution in [0.2, 0.25) is 0 Å². The fourth-order valence-corrected chi connectivity index (χ4v) is 4.17. The van der Waals surface area contributed by atoms with Crippen LogP contribution in [0.5, 0.6) is 0 Å². The van der Waals surface area contributed by atoms with Crippen molar-refractivity contribution in [3.8, 4) is 0 Å². The van der Waals surface area contributed by atoms with Crippen LogP contribution in [-0.2, 0) is 10.0 Å². The summed E-state index contributed by atoms with van der Waals surface area (Å²) in [7, 11) is -3.63. The fourth-order valence-electron chi connectivity index (χ4n) is 2.75. The normalized spacial score (nSPS) is 16.9. The smallest absolute Gasteiger partial charge is 0.269 e. The summed E-state index contributed by atoms with van der Waals surface area (Å²) in [5.41, 5.74) is -0.128. The van der Waals surface area contributed by atoms with Gasteiger partial charge in [0.25, 0.3) is 5.69 Å². The van der Waals surface area contributed by atoms with Crippen molar-refractivity contribution in [1.29, 1.82) is 0 Å². The van der Waals surface area contributed by atoms with Gasteiger partial charge in [-0.1, -0.05) is 6.08 Å². The second-order valence-corrected chi connectivity index (χ2v) is 7.81. The van der Waals surface area contributed by atoms with Crippen molar-refractivity contribution in [3.63, 3.8) is 0 Å². The van der Waals surface area contributed by atoms with Crippen LogP contribution in [0.3, 0.4) is 0 Å². The number of benzene rings is 1. The maximum Gasteiger partial charge on any atom is 0.269 e. The van der Waals surface area contributed by atoms with E-state index in [-0.39, 0.29) is 10.6 Å². The minimum Gasteiger partial charge on any atom is -0.465 e. The molecule has 26 heavy (non-hydrogen) atoms. The molecule has 3 rings (SSSR count). The molecule has 8 nitrogen and oxygen atoms in total. The number of furan rings is 1. The topological polar surface area (TPSA) is 96.9 Å². The molecular weight excluding hydrogens is 358 g/mol. The largest absolute Gasteiger partial charge is 0.465 e. The van der Waals surface area contributed by atoms with Gasteiger partial charge in [0.15, 0.2) is 0 Å². The molecule has 1 aliphatic heterocycles. The summed E-state index contributed by atoms with van der Waals surface area (Å²) in [6.07, 6.45) is 5.49. The maximum atomic E-state index is 12.7. The summed E-state index contributed by atoms with van der Waals surface area (Å²) in [5.74, 6) is 0.782. The van der Waals surface area contributed by atoms with Crippen LogP contribution >= 0.6 is 0 Å². The van der Waals surface area contributed by atoms with Gasteiger partial charge in [0, 0.05) is 44.9 Å². The predicted octanol–water partition coefficient (Wildman–Crippen LogP) is 2.21. The molecular formula is C17H19N3O5S. The van der Waals surface area contributed by atoms with Gasteiger partial charge in [-0.3, -0.25) is 15.0 Å². The van der Waals surface area contributed by atoms with Gasteiger partial charge in [-0.2, -0.15) is 4.31 Å². The first-order valence-electron chi connectivity index (χ1n) is 8.14. The van der Waals surface area contributed by atoms with Crippen LogP contribution in [0.1, 0.15) is 5.76 Å². The van der Waals surface area contributed by atoms with Crippen LogP contribution in [0.15, 0.2) is 58.1 Å². The molecule has 1 aliphatic rings. The lowest BCUT2D eigenvalue weighted by atomic mass is 10.3.